The van der Waals surface area contributed by atoms with E-state index >= 15 is 0 Å². The van der Waals surface area contributed by atoms with Crippen LogP contribution in [0, 0.1) is 12.3 Å². The zero-order valence-electron chi connectivity index (χ0n) is 11.1. The summed E-state index contributed by atoms with van der Waals surface area (Å²) in [6.45, 7) is 3.46. The summed E-state index contributed by atoms with van der Waals surface area (Å²) >= 11 is 0. The Morgan fingerprint density at radius 1 is 1.53 bits per heavy atom. The number of rotatable bonds is 3. The van der Waals surface area contributed by atoms with Gasteiger partial charge in [-0.05, 0) is 20.3 Å². The molecule has 2 heterocycles. The number of carbonyl (C=O) groups is 1. The van der Waals surface area contributed by atoms with Crippen LogP contribution in [-0.4, -0.2) is 46.7 Å². The summed E-state index contributed by atoms with van der Waals surface area (Å²) in [6, 6.07) is 0. The summed E-state index contributed by atoms with van der Waals surface area (Å²) in [4.78, 5) is 11.2. The van der Waals surface area contributed by atoms with E-state index in [0.717, 1.165) is 0 Å². The van der Waals surface area contributed by atoms with Gasteiger partial charge in [0, 0.05) is 25.7 Å². The van der Waals surface area contributed by atoms with Crippen molar-refractivity contribution >= 4 is 16.0 Å². The van der Waals surface area contributed by atoms with Crippen LogP contribution >= 0.6 is 0 Å². The van der Waals surface area contributed by atoms with Crippen LogP contribution in [0.5, 0.6) is 0 Å². The second-order valence-corrected chi connectivity index (χ2v) is 7.06. The molecule has 1 aliphatic heterocycles. The van der Waals surface area contributed by atoms with Gasteiger partial charge in [0.25, 0.3) is 10.0 Å². The third-order valence-corrected chi connectivity index (χ3v) is 5.66. The SMILES string of the molecule is Cc1cnn(C)c1S(=O)(=O)N1CC[C@](C)(C(=O)O)C1. The number of hydrogen-bond acceptors (Lipinski definition) is 4. The van der Waals surface area contributed by atoms with Gasteiger partial charge in [0.1, 0.15) is 0 Å². The number of carboxylic acids is 1. The number of carboxylic acid groups (broad SMARTS) is 1. The molecule has 1 aromatic heterocycles. The minimum absolute atomic E-state index is 0.00468. The molecule has 0 aliphatic carbocycles. The molecule has 0 amide bonds. The monoisotopic (exact) mass is 287 g/mol. The van der Waals surface area contributed by atoms with Crippen LogP contribution in [0.25, 0.3) is 0 Å². The molecule has 1 aromatic rings. The minimum Gasteiger partial charge on any atom is -0.481 e. The van der Waals surface area contributed by atoms with Crippen LogP contribution in [0.2, 0.25) is 0 Å². The molecule has 0 unspecified atom stereocenters. The Kier molecular flexibility index (Phi) is 3.18. The van der Waals surface area contributed by atoms with Crippen molar-refractivity contribution in [1.29, 1.82) is 0 Å². The van der Waals surface area contributed by atoms with E-state index < -0.39 is 21.4 Å². The Hall–Kier alpha value is -1.41. The summed E-state index contributed by atoms with van der Waals surface area (Å²) < 4.78 is 27.6. The normalized spacial score (nSPS) is 24.8. The summed E-state index contributed by atoms with van der Waals surface area (Å²) in [5.41, 5.74) is -0.453. The second-order valence-electron chi connectivity index (χ2n) is 5.21. The molecular formula is C11H17N3O4S. The van der Waals surface area contributed by atoms with Gasteiger partial charge in [0.2, 0.25) is 0 Å². The Morgan fingerprint density at radius 2 is 2.16 bits per heavy atom. The predicted octanol–water partition coefficient (Wildman–Crippen LogP) is 0.214. The van der Waals surface area contributed by atoms with E-state index in [9.17, 15) is 13.2 Å². The first-order valence-electron chi connectivity index (χ1n) is 5.91. The molecule has 7 nitrogen and oxygen atoms in total. The van der Waals surface area contributed by atoms with Gasteiger partial charge < -0.3 is 5.11 Å². The number of aromatic nitrogens is 2. The summed E-state index contributed by atoms with van der Waals surface area (Å²) in [5, 5.41) is 13.2. The number of hydrogen-bond donors (Lipinski definition) is 1. The average molecular weight is 287 g/mol. The highest BCUT2D eigenvalue weighted by Gasteiger charge is 2.45. The number of sulfonamides is 1. The van der Waals surface area contributed by atoms with E-state index in [1.54, 1.807) is 20.9 Å². The van der Waals surface area contributed by atoms with Crippen LogP contribution in [0.4, 0.5) is 0 Å². The Balaban J connectivity index is 2.36. The lowest BCUT2D eigenvalue weighted by atomic mass is 9.90. The second kappa shape index (κ2) is 4.31. The van der Waals surface area contributed by atoms with Gasteiger partial charge in [0.15, 0.2) is 5.03 Å². The van der Waals surface area contributed by atoms with Crippen molar-refractivity contribution in [2.75, 3.05) is 13.1 Å². The Morgan fingerprint density at radius 3 is 2.58 bits per heavy atom. The number of aliphatic carboxylic acids is 1. The van der Waals surface area contributed by atoms with Gasteiger partial charge in [0.05, 0.1) is 11.6 Å². The van der Waals surface area contributed by atoms with Crippen molar-refractivity contribution in [2.45, 2.75) is 25.3 Å². The fourth-order valence-corrected chi connectivity index (χ4v) is 4.20. The van der Waals surface area contributed by atoms with E-state index in [2.05, 4.69) is 5.10 Å². The smallest absolute Gasteiger partial charge is 0.310 e. The van der Waals surface area contributed by atoms with E-state index in [1.807, 2.05) is 0 Å². The lowest BCUT2D eigenvalue weighted by molar-refractivity contribution is -0.146. The van der Waals surface area contributed by atoms with Gasteiger partial charge in [-0.3, -0.25) is 9.48 Å². The van der Waals surface area contributed by atoms with Crippen LogP contribution in [-0.2, 0) is 21.9 Å². The fraction of sp³-hybridized carbons (Fsp3) is 0.636. The standard InChI is InChI=1S/C11H17N3O4S/c1-8-6-12-13(3)9(8)19(17,18)14-5-4-11(2,7-14)10(15)16/h6H,4-5,7H2,1-3H3,(H,15,16)/t11-/m0/s1. The molecule has 0 spiro atoms. The van der Waals surface area contributed by atoms with E-state index in [0.29, 0.717) is 12.0 Å². The first kappa shape index (κ1) is 14.0. The Labute approximate surface area is 111 Å². The van der Waals surface area contributed by atoms with Crippen LogP contribution in [0.15, 0.2) is 11.2 Å². The third kappa shape index (κ3) is 2.14. The molecule has 0 bridgehead atoms. The van der Waals surface area contributed by atoms with Gasteiger partial charge in [-0.15, -0.1) is 0 Å². The maximum Gasteiger partial charge on any atom is 0.310 e. The average Bonchev–Trinajstić information content (AvgIpc) is 2.84. The summed E-state index contributed by atoms with van der Waals surface area (Å²) in [6.07, 6.45) is 1.80. The zero-order chi connectivity index (χ0) is 14.4. The quantitative estimate of drug-likeness (QED) is 0.858. The molecule has 1 aliphatic rings. The van der Waals surface area contributed by atoms with Crippen molar-refractivity contribution in [1.82, 2.24) is 14.1 Å². The fourth-order valence-electron chi connectivity index (χ4n) is 2.33. The highest BCUT2D eigenvalue weighted by molar-refractivity contribution is 7.89. The lowest BCUT2D eigenvalue weighted by Gasteiger charge is -2.20. The minimum atomic E-state index is -3.69. The van der Waals surface area contributed by atoms with E-state index in [-0.39, 0.29) is 18.1 Å². The van der Waals surface area contributed by atoms with Crippen LogP contribution in [0.3, 0.4) is 0 Å². The van der Waals surface area contributed by atoms with Crippen molar-refractivity contribution in [3.05, 3.63) is 11.8 Å². The maximum atomic E-state index is 12.5. The van der Waals surface area contributed by atoms with Gasteiger partial charge in [-0.2, -0.15) is 9.40 Å². The van der Waals surface area contributed by atoms with Crippen LogP contribution in [0.1, 0.15) is 18.9 Å². The molecule has 1 atom stereocenters. The molecule has 0 radical (unpaired) electrons. The molecule has 1 N–H and O–H groups in total. The molecule has 106 valence electrons. The number of nitrogens with zero attached hydrogens (tertiary/aromatic N) is 3. The number of aryl methyl sites for hydroxylation is 2. The van der Waals surface area contributed by atoms with Gasteiger partial charge in [-0.1, -0.05) is 0 Å². The maximum absolute atomic E-state index is 12.5. The molecule has 1 fully saturated rings. The molecule has 1 saturated heterocycles. The van der Waals surface area contributed by atoms with Gasteiger partial charge >= 0.3 is 5.97 Å². The van der Waals surface area contributed by atoms with Crippen molar-refractivity contribution in [2.24, 2.45) is 12.5 Å². The largest absolute Gasteiger partial charge is 0.481 e. The predicted molar refractivity (Wildman–Crippen MR) is 67.1 cm³/mol. The van der Waals surface area contributed by atoms with E-state index in [1.165, 1.54) is 15.2 Å². The topological polar surface area (TPSA) is 92.5 Å². The molecule has 2 rings (SSSR count). The van der Waals surface area contributed by atoms with Crippen LogP contribution < -0.4 is 0 Å². The molecule has 0 aromatic carbocycles. The first-order valence-corrected chi connectivity index (χ1v) is 7.35. The lowest BCUT2D eigenvalue weighted by Crippen LogP contribution is -2.35. The molecule has 19 heavy (non-hydrogen) atoms. The third-order valence-electron chi connectivity index (χ3n) is 3.59. The van der Waals surface area contributed by atoms with Crippen molar-refractivity contribution in [3.8, 4) is 0 Å². The van der Waals surface area contributed by atoms with Crippen molar-refractivity contribution < 1.29 is 18.3 Å². The van der Waals surface area contributed by atoms with E-state index in [4.69, 9.17) is 5.11 Å². The van der Waals surface area contributed by atoms with Gasteiger partial charge in [-0.25, -0.2) is 8.42 Å². The molecule has 0 saturated carbocycles. The molecule has 8 heteroatoms. The summed E-state index contributed by atoms with van der Waals surface area (Å²) in [5.74, 6) is -0.966. The summed E-state index contributed by atoms with van der Waals surface area (Å²) in [7, 11) is -2.13. The highest BCUT2D eigenvalue weighted by atomic mass is 32.2. The van der Waals surface area contributed by atoms with Crippen molar-refractivity contribution in [3.63, 3.8) is 0 Å². The molecular weight excluding hydrogens is 270 g/mol. The first-order chi connectivity index (χ1) is 8.68. The highest BCUT2D eigenvalue weighted by Crippen LogP contribution is 2.34. The zero-order valence-corrected chi connectivity index (χ0v) is 11.9. The Bertz CT molecular complexity index is 602.